The van der Waals surface area contributed by atoms with Gasteiger partial charge in [0.2, 0.25) is 0 Å². The van der Waals surface area contributed by atoms with E-state index in [1.165, 1.54) is 128 Å². The van der Waals surface area contributed by atoms with Crippen LogP contribution in [0.25, 0.3) is 0 Å². The van der Waals surface area contributed by atoms with E-state index in [0.717, 1.165) is 96.3 Å². The van der Waals surface area contributed by atoms with E-state index >= 15 is 0 Å². The topological polar surface area (TPSA) is 78.9 Å². The van der Waals surface area contributed by atoms with Crippen molar-refractivity contribution in [3.05, 3.63) is 72.9 Å². The maximum absolute atomic E-state index is 12.8. The first-order chi connectivity index (χ1) is 32.0. The quantitative estimate of drug-likeness (QED) is 0.0262. The third kappa shape index (κ3) is 51.7. The van der Waals surface area contributed by atoms with Gasteiger partial charge in [0.25, 0.3) is 0 Å². The van der Waals surface area contributed by atoms with Crippen LogP contribution in [-0.2, 0) is 28.6 Å². The molecule has 0 aliphatic rings. The summed E-state index contributed by atoms with van der Waals surface area (Å²) in [7, 11) is 0. The zero-order valence-electron chi connectivity index (χ0n) is 42.7. The van der Waals surface area contributed by atoms with Crippen LogP contribution >= 0.6 is 0 Å². The van der Waals surface area contributed by atoms with Gasteiger partial charge >= 0.3 is 17.9 Å². The molecule has 0 aromatic rings. The normalized spacial score (nSPS) is 12.6. The van der Waals surface area contributed by atoms with Crippen LogP contribution in [0.5, 0.6) is 0 Å². The molecule has 0 aliphatic carbocycles. The molecule has 0 spiro atoms. The molecule has 6 nitrogen and oxygen atoms in total. The lowest BCUT2D eigenvalue weighted by Gasteiger charge is -2.18. The summed E-state index contributed by atoms with van der Waals surface area (Å²) in [6.07, 6.45) is 67.4. The van der Waals surface area contributed by atoms with Gasteiger partial charge in [0.05, 0.1) is 0 Å². The van der Waals surface area contributed by atoms with Crippen molar-refractivity contribution >= 4 is 17.9 Å². The SMILES string of the molecule is CC/C=C\C/C=C\C/C=C\CCCCCCCCCCCC(=O)OCC(COC(=O)CCCCCCC/C=C\CCCC)OC(=O)CCCCCCCCC/C=C\C/C=C\CCCCC. The molecule has 0 aromatic heterocycles. The highest BCUT2D eigenvalue weighted by Gasteiger charge is 2.19. The molecule has 0 saturated heterocycles. The molecule has 1 atom stereocenters. The van der Waals surface area contributed by atoms with E-state index in [4.69, 9.17) is 14.2 Å². The first-order valence-corrected chi connectivity index (χ1v) is 27.4. The monoisotopic (exact) mass is 907 g/mol. The minimum absolute atomic E-state index is 0.0839. The van der Waals surface area contributed by atoms with Crippen LogP contribution in [-0.4, -0.2) is 37.2 Å². The Labute approximate surface area is 402 Å². The molecule has 0 saturated carbocycles. The molecule has 0 aliphatic heterocycles. The smallest absolute Gasteiger partial charge is 0.306 e. The van der Waals surface area contributed by atoms with Crippen LogP contribution < -0.4 is 0 Å². The number of carbonyl (C=O) groups is 3. The zero-order valence-corrected chi connectivity index (χ0v) is 42.7. The van der Waals surface area contributed by atoms with Crippen molar-refractivity contribution in [3.8, 4) is 0 Å². The average molecular weight is 907 g/mol. The molecule has 374 valence electrons. The van der Waals surface area contributed by atoms with Gasteiger partial charge in [-0.15, -0.1) is 0 Å². The van der Waals surface area contributed by atoms with Crippen LogP contribution in [0.15, 0.2) is 72.9 Å². The lowest BCUT2D eigenvalue weighted by molar-refractivity contribution is -0.167. The fraction of sp³-hybridized carbons (Fsp3) is 0.746. The predicted octanol–water partition coefficient (Wildman–Crippen LogP) is 18.2. The molecule has 0 amide bonds. The summed E-state index contributed by atoms with van der Waals surface area (Å²) in [4.78, 5) is 38.0. The van der Waals surface area contributed by atoms with Gasteiger partial charge in [-0.3, -0.25) is 14.4 Å². The van der Waals surface area contributed by atoms with Gasteiger partial charge in [0.15, 0.2) is 6.10 Å². The van der Waals surface area contributed by atoms with Crippen LogP contribution in [0.1, 0.15) is 265 Å². The molecule has 0 heterocycles. The summed E-state index contributed by atoms with van der Waals surface area (Å²) < 4.78 is 16.8. The van der Waals surface area contributed by atoms with E-state index in [-0.39, 0.29) is 31.1 Å². The summed E-state index contributed by atoms with van der Waals surface area (Å²) in [5, 5.41) is 0. The number of ether oxygens (including phenoxy) is 3. The minimum atomic E-state index is -0.784. The second-order valence-corrected chi connectivity index (χ2v) is 18.1. The predicted molar refractivity (Wildman–Crippen MR) is 279 cm³/mol. The fourth-order valence-electron chi connectivity index (χ4n) is 7.53. The molecule has 0 aromatic carbocycles. The largest absolute Gasteiger partial charge is 0.462 e. The van der Waals surface area contributed by atoms with Gasteiger partial charge in [-0.25, -0.2) is 0 Å². The lowest BCUT2D eigenvalue weighted by atomic mass is 10.1. The number of esters is 3. The Morgan fingerprint density at radius 2 is 0.615 bits per heavy atom. The Bertz CT molecular complexity index is 1230. The van der Waals surface area contributed by atoms with Crippen molar-refractivity contribution in [3.63, 3.8) is 0 Å². The van der Waals surface area contributed by atoms with Gasteiger partial charge < -0.3 is 14.2 Å². The lowest BCUT2D eigenvalue weighted by Crippen LogP contribution is -2.30. The summed E-state index contributed by atoms with van der Waals surface area (Å²) in [5.41, 5.74) is 0. The van der Waals surface area contributed by atoms with Crippen molar-refractivity contribution in [2.75, 3.05) is 13.2 Å². The summed E-state index contributed by atoms with van der Waals surface area (Å²) in [5.74, 6) is -0.902. The molecule has 0 rings (SSSR count). The first-order valence-electron chi connectivity index (χ1n) is 27.4. The molecule has 6 heteroatoms. The Morgan fingerprint density at radius 1 is 0.323 bits per heavy atom. The first kappa shape index (κ1) is 61.9. The Balaban J connectivity index is 4.36. The molecule has 0 bridgehead atoms. The minimum Gasteiger partial charge on any atom is -0.462 e. The van der Waals surface area contributed by atoms with Gasteiger partial charge in [-0.05, 0) is 103 Å². The maximum atomic E-state index is 12.8. The summed E-state index contributed by atoms with van der Waals surface area (Å²) >= 11 is 0. The Hall–Kier alpha value is -3.15. The number of hydrogen-bond acceptors (Lipinski definition) is 6. The summed E-state index contributed by atoms with van der Waals surface area (Å²) in [6.45, 7) is 6.46. The van der Waals surface area contributed by atoms with E-state index in [1.54, 1.807) is 0 Å². The standard InChI is InChI=1S/C59H102O6/c1-4-7-10-13-16-19-22-24-26-28-29-31-32-34-37-40-43-46-49-52-58(61)64-55-56(54-63-57(60)51-48-45-42-39-36-21-18-15-12-9-6-3)65-59(62)53-50-47-44-41-38-35-33-30-27-25-23-20-17-14-11-8-5-2/h7,10,15-20,24-27,56H,4-6,8-9,11-14,21-23,28-55H2,1-3H3/b10-7-,18-15-,19-16-,20-17-,26-24-,27-25-. The van der Waals surface area contributed by atoms with Crippen molar-refractivity contribution < 1.29 is 28.6 Å². The van der Waals surface area contributed by atoms with Crippen LogP contribution in [0, 0.1) is 0 Å². The molecule has 0 fully saturated rings. The van der Waals surface area contributed by atoms with E-state index < -0.39 is 6.10 Å². The highest BCUT2D eigenvalue weighted by molar-refractivity contribution is 5.71. The van der Waals surface area contributed by atoms with Crippen LogP contribution in [0.2, 0.25) is 0 Å². The van der Waals surface area contributed by atoms with Crippen molar-refractivity contribution in [1.82, 2.24) is 0 Å². The molecule has 65 heavy (non-hydrogen) atoms. The second kappa shape index (κ2) is 53.5. The molecular formula is C59H102O6. The van der Waals surface area contributed by atoms with Gasteiger partial charge in [0.1, 0.15) is 13.2 Å². The van der Waals surface area contributed by atoms with Gasteiger partial charge in [-0.2, -0.15) is 0 Å². The number of hydrogen-bond donors (Lipinski definition) is 0. The molecule has 1 unspecified atom stereocenters. The highest BCUT2D eigenvalue weighted by Crippen LogP contribution is 2.15. The van der Waals surface area contributed by atoms with E-state index in [0.29, 0.717) is 19.3 Å². The van der Waals surface area contributed by atoms with Crippen molar-refractivity contribution in [2.24, 2.45) is 0 Å². The molecular weight excluding hydrogens is 805 g/mol. The number of carbonyl (C=O) groups excluding carboxylic acids is 3. The highest BCUT2D eigenvalue weighted by atomic mass is 16.6. The Kier molecular flexibility index (Phi) is 50.9. The summed E-state index contributed by atoms with van der Waals surface area (Å²) in [6, 6.07) is 0. The van der Waals surface area contributed by atoms with Crippen molar-refractivity contribution in [1.29, 1.82) is 0 Å². The Morgan fingerprint density at radius 3 is 1.00 bits per heavy atom. The molecule has 0 N–H and O–H groups in total. The number of rotatable bonds is 49. The number of allylic oxidation sites excluding steroid dienone is 12. The van der Waals surface area contributed by atoms with E-state index in [1.807, 2.05) is 0 Å². The second-order valence-electron chi connectivity index (χ2n) is 18.1. The average Bonchev–Trinajstić information content (AvgIpc) is 3.30. The third-order valence-corrected chi connectivity index (χ3v) is 11.7. The van der Waals surface area contributed by atoms with Gasteiger partial charge in [0, 0.05) is 19.3 Å². The van der Waals surface area contributed by atoms with Crippen LogP contribution in [0.4, 0.5) is 0 Å². The van der Waals surface area contributed by atoms with E-state index in [2.05, 4.69) is 93.7 Å². The fourth-order valence-corrected chi connectivity index (χ4v) is 7.53. The zero-order chi connectivity index (χ0) is 47.2. The third-order valence-electron chi connectivity index (χ3n) is 11.7. The van der Waals surface area contributed by atoms with Crippen molar-refractivity contribution in [2.45, 2.75) is 271 Å². The number of unbranched alkanes of at least 4 members (excludes halogenated alkanes) is 26. The van der Waals surface area contributed by atoms with E-state index in [9.17, 15) is 14.4 Å². The molecule has 0 radical (unpaired) electrons. The maximum Gasteiger partial charge on any atom is 0.306 e. The van der Waals surface area contributed by atoms with Gasteiger partial charge in [-0.1, -0.05) is 216 Å². The van der Waals surface area contributed by atoms with Crippen LogP contribution in [0.3, 0.4) is 0 Å².